The zero-order valence-corrected chi connectivity index (χ0v) is 13.4. The first-order valence-electron chi connectivity index (χ1n) is 6.43. The van der Waals surface area contributed by atoms with E-state index in [-0.39, 0.29) is 0 Å². The van der Waals surface area contributed by atoms with Gasteiger partial charge >= 0.3 is 0 Å². The van der Waals surface area contributed by atoms with Gasteiger partial charge in [-0.2, -0.15) is 0 Å². The van der Waals surface area contributed by atoms with E-state index in [1.165, 1.54) is 12.0 Å². The molecule has 1 aliphatic rings. The Morgan fingerprint density at radius 3 is 2.79 bits per heavy atom. The molecular formula is C14H18BrNO2S. The predicted octanol–water partition coefficient (Wildman–Crippen LogP) is 3.54. The molecule has 0 amide bonds. The first-order valence-corrected chi connectivity index (χ1v) is 8.70. The summed E-state index contributed by atoms with van der Waals surface area (Å²) in [5, 5.41) is 0. The van der Waals surface area contributed by atoms with E-state index in [4.69, 9.17) is 0 Å². The summed E-state index contributed by atoms with van der Waals surface area (Å²) in [6.07, 6.45) is 6.46. The van der Waals surface area contributed by atoms with Gasteiger partial charge in [0, 0.05) is 11.0 Å². The fraction of sp³-hybridized carbons (Fsp3) is 0.429. The van der Waals surface area contributed by atoms with Crippen LogP contribution in [0.1, 0.15) is 31.2 Å². The molecule has 5 heteroatoms. The highest BCUT2D eigenvalue weighted by Crippen LogP contribution is 2.23. The smallest absolute Gasteiger partial charge is 0.211 e. The van der Waals surface area contributed by atoms with Crippen LogP contribution in [0, 0.1) is 6.92 Å². The lowest BCUT2D eigenvalue weighted by Crippen LogP contribution is -2.25. The number of rotatable bonds is 5. The molecule has 0 aromatic heterocycles. The van der Waals surface area contributed by atoms with Crippen LogP contribution in [0.2, 0.25) is 0 Å². The highest BCUT2D eigenvalue weighted by Gasteiger charge is 2.17. The summed E-state index contributed by atoms with van der Waals surface area (Å²) in [6.45, 7) is 2.40. The van der Waals surface area contributed by atoms with Crippen LogP contribution in [0.25, 0.3) is 0 Å². The normalized spacial score (nSPS) is 15.6. The minimum atomic E-state index is -3.42. The molecule has 0 atom stereocenters. The van der Waals surface area contributed by atoms with Crippen molar-refractivity contribution in [2.45, 2.75) is 37.5 Å². The number of nitrogens with one attached hydrogen (secondary N) is 1. The number of halogens is 1. The molecule has 0 saturated heterocycles. The Balaban J connectivity index is 2.01. The fourth-order valence-electron chi connectivity index (χ4n) is 2.21. The van der Waals surface area contributed by atoms with E-state index < -0.39 is 10.0 Å². The van der Waals surface area contributed by atoms with Crippen molar-refractivity contribution in [3.8, 4) is 0 Å². The first kappa shape index (κ1) is 14.8. The summed E-state index contributed by atoms with van der Waals surface area (Å²) in [7, 11) is -3.42. The molecular weight excluding hydrogens is 326 g/mol. The van der Waals surface area contributed by atoms with Crippen LogP contribution in [-0.2, 0) is 10.0 Å². The molecule has 1 aromatic rings. The van der Waals surface area contributed by atoms with Crippen molar-refractivity contribution < 1.29 is 8.42 Å². The van der Waals surface area contributed by atoms with Gasteiger partial charge in [0.25, 0.3) is 0 Å². The topological polar surface area (TPSA) is 46.2 Å². The Bertz CT molecular complexity index is 593. The van der Waals surface area contributed by atoms with Crippen molar-refractivity contribution in [1.82, 2.24) is 4.72 Å². The maximum atomic E-state index is 12.2. The highest BCUT2D eigenvalue weighted by atomic mass is 79.9. The van der Waals surface area contributed by atoms with Gasteiger partial charge in [-0.05, 0) is 66.2 Å². The van der Waals surface area contributed by atoms with E-state index in [0.29, 0.717) is 15.9 Å². The monoisotopic (exact) mass is 343 g/mol. The third-order valence-electron chi connectivity index (χ3n) is 3.25. The lowest BCUT2D eigenvalue weighted by molar-refractivity contribution is 0.580. The Hall–Kier alpha value is -0.650. The molecule has 1 aliphatic carbocycles. The van der Waals surface area contributed by atoms with Gasteiger partial charge in [-0.15, -0.1) is 0 Å². The van der Waals surface area contributed by atoms with Crippen molar-refractivity contribution in [3.05, 3.63) is 39.9 Å². The molecule has 2 rings (SSSR count). The Morgan fingerprint density at radius 1 is 1.37 bits per heavy atom. The SMILES string of the molecule is Cc1ccc(S(=O)(=O)NCCC2=CCCC2)c(Br)c1. The maximum Gasteiger partial charge on any atom is 0.241 e. The average molecular weight is 344 g/mol. The lowest BCUT2D eigenvalue weighted by Gasteiger charge is -2.09. The largest absolute Gasteiger partial charge is 0.241 e. The summed E-state index contributed by atoms with van der Waals surface area (Å²) in [4.78, 5) is 0.304. The van der Waals surface area contributed by atoms with E-state index >= 15 is 0 Å². The van der Waals surface area contributed by atoms with E-state index in [9.17, 15) is 8.42 Å². The van der Waals surface area contributed by atoms with Crippen molar-refractivity contribution in [2.75, 3.05) is 6.54 Å². The van der Waals surface area contributed by atoms with Crippen LogP contribution in [0.5, 0.6) is 0 Å². The van der Waals surface area contributed by atoms with Crippen LogP contribution in [-0.4, -0.2) is 15.0 Å². The van der Waals surface area contributed by atoms with E-state index in [1.54, 1.807) is 12.1 Å². The molecule has 0 unspecified atom stereocenters. The fourth-order valence-corrected chi connectivity index (χ4v) is 4.43. The van der Waals surface area contributed by atoms with Gasteiger partial charge in [0.15, 0.2) is 0 Å². The second-order valence-corrected chi connectivity index (χ2v) is 7.43. The standard InChI is InChI=1S/C14H18BrNO2S/c1-11-6-7-14(13(15)10-11)19(17,18)16-9-8-12-4-2-3-5-12/h4,6-7,10,16H,2-3,5,8-9H2,1H3. The first-order chi connectivity index (χ1) is 8.99. The Morgan fingerprint density at radius 2 is 2.16 bits per heavy atom. The molecule has 19 heavy (non-hydrogen) atoms. The minimum absolute atomic E-state index is 0.304. The minimum Gasteiger partial charge on any atom is -0.211 e. The summed E-state index contributed by atoms with van der Waals surface area (Å²) in [6, 6.07) is 5.25. The highest BCUT2D eigenvalue weighted by molar-refractivity contribution is 9.10. The van der Waals surface area contributed by atoms with Crippen molar-refractivity contribution in [2.24, 2.45) is 0 Å². The number of benzene rings is 1. The summed E-state index contributed by atoms with van der Waals surface area (Å²) >= 11 is 3.31. The Kier molecular flexibility index (Phi) is 4.81. The zero-order valence-electron chi connectivity index (χ0n) is 10.9. The van der Waals surface area contributed by atoms with Crippen molar-refractivity contribution in [3.63, 3.8) is 0 Å². The molecule has 1 aromatic carbocycles. The summed E-state index contributed by atoms with van der Waals surface area (Å²) in [5.74, 6) is 0. The Labute approximate surface area is 123 Å². The van der Waals surface area contributed by atoms with Crippen LogP contribution in [0.15, 0.2) is 39.2 Å². The van der Waals surface area contributed by atoms with Crippen LogP contribution < -0.4 is 4.72 Å². The number of sulfonamides is 1. The van der Waals surface area contributed by atoms with Crippen molar-refractivity contribution in [1.29, 1.82) is 0 Å². The zero-order chi connectivity index (χ0) is 13.9. The van der Waals surface area contributed by atoms with Gasteiger partial charge in [0.2, 0.25) is 10.0 Å². The van der Waals surface area contributed by atoms with E-state index in [1.807, 2.05) is 13.0 Å². The number of hydrogen-bond acceptors (Lipinski definition) is 2. The van der Waals surface area contributed by atoms with E-state index in [2.05, 4.69) is 26.7 Å². The molecule has 0 fully saturated rings. The number of hydrogen-bond donors (Lipinski definition) is 1. The van der Waals surface area contributed by atoms with Gasteiger partial charge in [0.1, 0.15) is 0 Å². The molecule has 0 aliphatic heterocycles. The molecule has 0 bridgehead atoms. The third-order valence-corrected chi connectivity index (χ3v) is 5.69. The quantitative estimate of drug-likeness (QED) is 0.831. The molecule has 1 N–H and O–H groups in total. The van der Waals surface area contributed by atoms with Gasteiger partial charge < -0.3 is 0 Å². The predicted molar refractivity (Wildman–Crippen MR) is 80.6 cm³/mol. The van der Waals surface area contributed by atoms with Crippen LogP contribution >= 0.6 is 15.9 Å². The number of aryl methyl sites for hydroxylation is 1. The average Bonchev–Trinajstić information content (AvgIpc) is 2.81. The van der Waals surface area contributed by atoms with Crippen LogP contribution in [0.3, 0.4) is 0 Å². The molecule has 0 spiro atoms. The number of allylic oxidation sites excluding steroid dienone is 1. The summed E-state index contributed by atoms with van der Waals surface area (Å²) < 4.78 is 27.6. The molecule has 104 valence electrons. The molecule has 0 heterocycles. The molecule has 0 radical (unpaired) electrons. The van der Waals surface area contributed by atoms with Gasteiger partial charge in [-0.25, -0.2) is 13.1 Å². The maximum absolute atomic E-state index is 12.2. The van der Waals surface area contributed by atoms with Gasteiger partial charge in [0.05, 0.1) is 4.90 Å². The van der Waals surface area contributed by atoms with Crippen molar-refractivity contribution >= 4 is 26.0 Å². The van der Waals surface area contributed by atoms with Gasteiger partial charge in [-0.1, -0.05) is 17.7 Å². The molecule has 3 nitrogen and oxygen atoms in total. The third kappa shape index (κ3) is 3.91. The van der Waals surface area contributed by atoms with Gasteiger partial charge in [-0.3, -0.25) is 0 Å². The lowest BCUT2D eigenvalue weighted by atomic mass is 10.2. The second kappa shape index (κ2) is 6.20. The van der Waals surface area contributed by atoms with Crippen LogP contribution in [0.4, 0.5) is 0 Å². The van der Waals surface area contributed by atoms with E-state index in [0.717, 1.165) is 24.8 Å². The second-order valence-electron chi connectivity index (χ2n) is 4.84. The summed E-state index contributed by atoms with van der Waals surface area (Å²) in [5.41, 5.74) is 2.40. The molecule has 0 saturated carbocycles.